The molecule has 0 aromatic carbocycles. The Morgan fingerprint density at radius 2 is 1.68 bits per heavy atom. The number of aromatic nitrogens is 2. The second-order valence-electron chi connectivity index (χ2n) is 6.92. The molecule has 10 heteroatoms. The zero-order valence-corrected chi connectivity index (χ0v) is 14.0. The summed E-state index contributed by atoms with van der Waals surface area (Å²) in [5, 5.41) is 0. The van der Waals surface area contributed by atoms with E-state index in [2.05, 4.69) is 4.98 Å². The lowest BCUT2D eigenvalue weighted by atomic mass is 9.78. The van der Waals surface area contributed by atoms with E-state index in [-0.39, 0.29) is 5.65 Å². The van der Waals surface area contributed by atoms with Crippen LogP contribution in [0.4, 0.5) is 13.2 Å². The Bertz CT molecular complexity index is 946. The zero-order chi connectivity index (χ0) is 18.8. The zero-order valence-electron chi connectivity index (χ0n) is 14.0. The molecule has 134 valence electrons. The standard InChI is InChI=1S/C15H16BF3N2O4/c1-13(2)14(3,4)25-16(24-13)10-11(15(17,18)19)20-9-7-8(22)5-6-21(9)12(10)23/h5-7,20H,1-4H3. The first-order valence-corrected chi connectivity index (χ1v) is 7.55. The van der Waals surface area contributed by atoms with E-state index in [0.29, 0.717) is 0 Å². The SMILES string of the molecule is CC1(C)OB(c2c(C(F)(F)F)[nH]c3cc(=O)ccn3c2=O)OC1(C)C. The number of rotatable bonds is 1. The summed E-state index contributed by atoms with van der Waals surface area (Å²) in [6.45, 7) is 6.69. The molecular weight excluding hydrogens is 340 g/mol. The third-order valence-electron chi connectivity index (χ3n) is 4.67. The van der Waals surface area contributed by atoms with Crippen LogP contribution in [0.5, 0.6) is 0 Å². The first-order valence-electron chi connectivity index (χ1n) is 7.55. The van der Waals surface area contributed by atoms with Gasteiger partial charge in [0.25, 0.3) is 5.56 Å². The van der Waals surface area contributed by atoms with Crippen molar-refractivity contribution in [3.05, 3.63) is 44.6 Å². The van der Waals surface area contributed by atoms with Crippen LogP contribution in [0, 0.1) is 0 Å². The fourth-order valence-corrected chi connectivity index (χ4v) is 2.59. The van der Waals surface area contributed by atoms with Crippen LogP contribution in [0.25, 0.3) is 5.65 Å². The third-order valence-corrected chi connectivity index (χ3v) is 4.67. The highest BCUT2D eigenvalue weighted by Gasteiger charge is 2.55. The van der Waals surface area contributed by atoms with E-state index in [1.165, 1.54) is 0 Å². The van der Waals surface area contributed by atoms with E-state index in [0.717, 1.165) is 22.7 Å². The van der Waals surface area contributed by atoms with Crippen LogP contribution in [-0.2, 0) is 15.5 Å². The molecule has 0 unspecified atom stereocenters. The van der Waals surface area contributed by atoms with Crippen molar-refractivity contribution in [1.82, 2.24) is 9.38 Å². The van der Waals surface area contributed by atoms with Gasteiger partial charge in [-0.05, 0) is 27.7 Å². The minimum Gasteiger partial charge on any atom is -0.399 e. The van der Waals surface area contributed by atoms with Gasteiger partial charge < -0.3 is 14.3 Å². The van der Waals surface area contributed by atoms with Crippen LogP contribution in [0.15, 0.2) is 27.9 Å². The number of pyridine rings is 1. The summed E-state index contributed by atoms with van der Waals surface area (Å²) in [7, 11) is -1.49. The van der Waals surface area contributed by atoms with E-state index in [4.69, 9.17) is 9.31 Å². The average Bonchev–Trinajstić information content (AvgIpc) is 2.65. The maximum absolute atomic E-state index is 13.5. The molecule has 0 saturated carbocycles. The van der Waals surface area contributed by atoms with Crippen molar-refractivity contribution in [3.8, 4) is 0 Å². The maximum Gasteiger partial charge on any atom is 0.502 e. The summed E-state index contributed by atoms with van der Waals surface area (Å²) in [4.78, 5) is 26.2. The lowest BCUT2D eigenvalue weighted by molar-refractivity contribution is -0.140. The van der Waals surface area contributed by atoms with Gasteiger partial charge in [-0.15, -0.1) is 0 Å². The number of hydrogen-bond acceptors (Lipinski definition) is 4. The normalized spacial score (nSPS) is 19.6. The minimum atomic E-state index is -4.86. The molecule has 0 aliphatic carbocycles. The molecule has 1 fully saturated rings. The highest BCUT2D eigenvalue weighted by molar-refractivity contribution is 6.62. The summed E-state index contributed by atoms with van der Waals surface area (Å²) in [6.07, 6.45) is -3.74. The van der Waals surface area contributed by atoms with Gasteiger partial charge >= 0.3 is 13.3 Å². The van der Waals surface area contributed by atoms with E-state index in [9.17, 15) is 22.8 Å². The molecule has 1 saturated heterocycles. The molecule has 0 spiro atoms. The van der Waals surface area contributed by atoms with Crippen LogP contribution in [-0.4, -0.2) is 27.7 Å². The minimum absolute atomic E-state index is 0.259. The summed E-state index contributed by atoms with van der Waals surface area (Å²) in [5.41, 5.74) is -5.53. The molecule has 25 heavy (non-hydrogen) atoms. The molecule has 0 amide bonds. The van der Waals surface area contributed by atoms with Crippen LogP contribution < -0.4 is 16.5 Å². The molecule has 3 heterocycles. The second-order valence-corrected chi connectivity index (χ2v) is 6.92. The quantitative estimate of drug-likeness (QED) is 0.782. The van der Waals surface area contributed by atoms with Crippen molar-refractivity contribution in [2.75, 3.05) is 0 Å². The number of alkyl halides is 3. The Labute approximate surface area is 140 Å². The number of hydrogen-bond donors (Lipinski definition) is 1. The number of aromatic amines is 1. The van der Waals surface area contributed by atoms with Crippen molar-refractivity contribution in [2.45, 2.75) is 45.1 Å². The van der Waals surface area contributed by atoms with Gasteiger partial charge in [0.2, 0.25) is 0 Å². The van der Waals surface area contributed by atoms with Crippen LogP contribution in [0.1, 0.15) is 33.4 Å². The van der Waals surface area contributed by atoms with Crippen LogP contribution in [0.2, 0.25) is 0 Å². The number of nitrogens with one attached hydrogen (secondary N) is 1. The molecule has 0 atom stereocenters. The Morgan fingerprint density at radius 3 is 2.20 bits per heavy atom. The molecule has 2 aromatic rings. The number of nitrogens with zero attached hydrogens (tertiary/aromatic N) is 1. The van der Waals surface area contributed by atoms with Gasteiger partial charge in [0, 0.05) is 18.3 Å². The van der Waals surface area contributed by atoms with Gasteiger partial charge in [-0.3, -0.25) is 14.0 Å². The van der Waals surface area contributed by atoms with Gasteiger partial charge in [0.1, 0.15) is 11.3 Å². The first kappa shape index (κ1) is 17.7. The summed E-state index contributed by atoms with van der Waals surface area (Å²) >= 11 is 0. The fourth-order valence-electron chi connectivity index (χ4n) is 2.59. The van der Waals surface area contributed by atoms with Crippen molar-refractivity contribution in [3.63, 3.8) is 0 Å². The number of halogens is 3. The second kappa shape index (κ2) is 5.22. The Morgan fingerprint density at radius 1 is 1.12 bits per heavy atom. The van der Waals surface area contributed by atoms with Gasteiger partial charge in [-0.25, -0.2) is 0 Å². The fraction of sp³-hybridized carbons (Fsp3) is 0.467. The number of fused-ring (bicyclic) bond motifs is 1. The maximum atomic E-state index is 13.5. The van der Waals surface area contributed by atoms with Crippen LogP contribution in [0.3, 0.4) is 0 Å². The van der Waals surface area contributed by atoms with Gasteiger partial charge in [0.05, 0.1) is 16.7 Å². The average molecular weight is 356 g/mol. The molecule has 3 rings (SSSR count). The van der Waals surface area contributed by atoms with Gasteiger partial charge in [-0.1, -0.05) is 0 Å². The molecule has 1 N–H and O–H groups in total. The van der Waals surface area contributed by atoms with E-state index in [1.807, 2.05) is 0 Å². The van der Waals surface area contributed by atoms with E-state index in [1.54, 1.807) is 27.7 Å². The molecule has 1 aliphatic rings. The molecule has 1 aliphatic heterocycles. The Balaban J connectivity index is 2.31. The lowest BCUT2D eigenvalue weighted by Crippen LogP contribution is -2.51. The van der Waals surface area contributed by atoms with E-state index < -0.39 is 46.6 Å². The van der Waals surface area contributed by atoms with Crippen molar-refractivity contribution in [1.29, 1.82) is 0 Å². The molecule has 2 aromatic heterocycles. The van der Waals surface area contributed by atoms with Crippen molar-refractivity contribution >= 4 is 18.2 Å². The largest absolute Gasteiger partial charge is 0.502 e. The Kier molecular flexibility index (Phi) is 3.70. The smallest absolute Gasteiger partial charge is 0.399 e. The topological polar surface area (TPSA) is 72.8 Å². The van der Waals surface area contributed by atoms with Crippen molar-refractivity contribution in [2.24, 2.45) is 0 Å². The molecule has 0 radical (unpaired) electrons. The van der Waals surface area contributed by atoms with Crippen LogP contribution >= 0.6 is 0 Å². The summed E-state index contributed by atoms with van der Waals surface area (Å²) in [5.74, 6) is 0. The molecular formula is C15H16BF3N2O4. The highest BCUT2D eigenvalue weighted by Crippen LogP contribution is 2.37. The monoisotopic (exact) mass is 356 g/mol. The molecule has 0 bridgehead atoms. The van der Waals surface area contributed by atoms with Crippen molar-refractivity contribution < 1.29 is 22.5 Å². The number of H-pyrrole nitrogens is 1. The van der Waals surface area contributed by atoms with E-state index >= 15 is 0 Å². The first-order chi connectivity index (χ1) is 11.3. The third kappa shape index (κ3) is 2.79. The summed E-state index contributed by atoms with van der Waals surface area (Å²) in [6, 6.07) is 2.01. The highest BCUT2D eigenvalue weighted by atomic mass is 19.4. The Hall–Kier alpha value is -2.07. The van der Waals surface area contributed by atoms with Gasteiger partial charge in [-0.2, -0.15) is 13.2 Å². The predicted octanol–water partition coefficient (Wildman–Crippen LogP) is 1.31. The lowest BCUT2D eigenvalue weighted by Gasteiger charge is -2.32. The summed E-state index contributed by atoms with van der Waals surface area (Å²) < 4.78 is 52.8. The predicted molar refractivity (Wildman–Crippen MR) is 85.0 cm³/mol. The molecule has 6 nitrogen and oxygen atoms in total. The van der Waals surface area contributed by atoms with Gasteiger partial charge in [0.15, 0.2) is 5.43 Å².